The van der Waals surface area contributed by atoms with E-state index in [0.717, 1.165) is 18.4 Å². The van der Waals surface area contributed by atoms with Gasteiger partial charge in [0.15, 0.2) is 0 Å². The van der Waals surface area contributed by atoms with Crippen LogP contribution in [0.3, 0.4) is 0 Å². The number of rotatable bonds is 5. The molecule has 1 fully saturated rings. The van der Waals surface area contributed by atoms with Crippen LogP contribution >= 0.6 is 15.9 Å². The summed E-state index contributed by atoms with van der Waals surface area (Å²) in [5.74, 6) is 0.960. The number of hydrogen-bond acceptors (Lipinski definition) is 1. The molecule has 1 amide bonds. The van der Waals surface area contributed by atoms with Crippen molar-refractivity contribution in [3.05, 3.63) is 71.8 Å². The topological polar surface area (TPSA) is 20.3 Å². The molecular formula is C19H20BrNO. The van der Waals surface area contributed by atoms with Crippen LogP contribution in [-0.2, 0) is 4.79 Å². The highest BCUT2D eigenvalue weighted by Gasteiger charge is 2.31. The number of carbonyl (C=O) groups excluding carboxylic acids is 1. The molecule has 0 aromatic heterocycles. The van der Waals surface area contributed by atoms with Gasteiger partial charge < -0.3 is 4.90 Å². The molecule has 0 N–H and O–H groups in total. The molecule has 1 unspecified atom stereocenters. The first kappa shape index (κ1) is 15.3. The van der Waals surface area contributed by atoms with Crippen molar-refractivity contribution in [3.63, 3.8) is 0 Å². The fraction of sp³-hybridized carbons (Fsp3) is 0.316. The molecule has 0 bridgehead atoms. The van der Waals surface area contributed by atoms with Crippen LogP contribution in [0.4, 0.5) is 0 Å². The summed E-state index contributed by atoms with van der Waals surface area (Å²) in [5.41, 5.74) is 2.53. The monoisotopic (exact) mass is 357 g/mol. The molecule has 1 atom stereocenters. The quantitative estimate of drug-likeness (QED) is 0.738. The highest BCUT2D eigenvalue weighted by atomic mass is 79.9. The van der Waals surface area contributed by atoms with Crippen LogP contribution in [0.2, 0.25) is 0 Å². The lowest BCUT2D eigenvalue weighted by atomic mass is 9.91. The van der Waals surface area contributed by atoms with Gasteiger partial charge in [0.2, 0.25) is 5.91 Å². The lowest BCUT2D eigenvalue weighted by Gasteiger charge is -2.25. The summed E-state index contributed by atoms with van der Waals surface area (Å²) in [6.45, 7) is 1.62. The van der Waals surface area contributed by atoms with Gasteiger partial charge in [0, 0.05) is 30.8 Å². The van der Waals surface area contributed by atoms with Crippen molar-refractivity contribution in [3.8, 4) is 0 Å². The van der Waals surface area contributed by atoms with E-state index in [1.807, 2.05) is 17.0 Å². The van der Waals surface area contributed by atoms with Crippen LogP contribution in [0.1, 0.15) is 23.5 Å². The zero-order valence-corrected chi connectivity index (χ0v) is 14.1. The first-order valence-corrected chi connectivity index (χ1v) is 8.83. The van der Waals surface area contributed by atoms with Crippen LogP contribution in [-0.4, -0.2) is 29.2 Å². The molecule has 1 aliphatic rings. The SMILES string of the molecule is O=C1CC(CBr)CN1CC(c1ccccc1)c1ccccc1. The predicted octanol–water partition coefficient (Wildman–Crippen LogP) is 4.06. The van der Waals surface area contributed by atoms with E-state index in [1.165, 1.54) is 11.1 Å². The summed E-state index contributed by atoms with van der Waals surface area (Å²) in [5, 5.41) is 0.899. The maximum absolute atomic E-state index is 12.2. The Morgan fingerprint density at radius 3 is 2.00 bits per heavy atom. The van der Waals surface area contributed by atoms with Crippen LogP contribution in [0.5, 0.6) is 0 Å². The summed E-state index contributed by atoms with van der Waals surface area (Å²) in [7, 11) is 0. The van der Waals surface area contributed by atoms with E-state index < -0.39 is 0 Å². The molecule has 2 aromatic rings. The Bertz CT molecular complexity index is 574. The van der Waals surface area contributed by atoms with Crippen molar-refractivity contribution >= 4 is 21.8 Å². The second kappa shape index (κ2) is 7.10. The lowest BCUT2D eigenvalue weighted by Crippen LogP contribution is -2.30. The minimum absolute atomic E-state index is 0.237. The van der Waals surface area contributed by atoms with Crippen LogP contribution in [0.25, 0.3) is 0 Å². The summed E-state index contributed by atoms with van der Waals surface area (Å²) in [4.78, 5) is 14.3. The molecule has 0 radical (unpaired) electrons. The normalized spacial score (nSPS) is 18.2. The van der Waals surface area contributed by atoms with Gasteiger partial charge in [-0.3, -0.25) is 4.79 Å². The van der Waals surface area contributed by atoms with Crippen LogP contribution < -0.4 is 0 Å². The molecule has 2 aromatic carbocycles. The molecule has 1 aliphatic heterocycles. The van der Waals surface area contributed by atoms with E-state index in [0.29, 0.717) is 12.3 Å². The third-order valence-corrected chi connectivity index (χ3v) is 5.24. The summed E-state index contributed by atoms with van der Waals surface area (Å²) in [6.07, 6.45) is 0.668. The minimum Gasteiger partial charge on any atom is -0.341 e. The van der Waals surface area contributed by atoms with Gasteiger partial charge in [-0.05, 0) is 17.0 Å². The Kier molecular flexibility index (Phi) is 4.94. The molecule has 2 nitrogen and oxygen atoms in total. The first-order chi connectivity index (χ1) is 10.8. The van der Waals surface area contributed by atoms with E-state index >= 15 is 0 Å². The molecule has 0 aliphatic carbocycles. The predicted molar refractivity (Wildman–Crippen MR) is 93.2 cm³/mol. The van der Waals surface area contributed by atoms with Gasteiger partial charge in [0.05, 0.1) is 0 Å². The smallest absolute Gasteiger partial charge is 0.222 e. The molecule has 114 valence electrons. The lowest BCUT2D eigenvalue weighted by molar-refractivity contribution is -0.127. The van der Waals surface area contributed by atoms with Gasteiger partial charge >= 0.3 is 0 Å². The zero-order chi connectivity index (χ0) is 15.4. The number of nitrogens with zero attached hydrogens (tertiary/aromatic N) is 1. The van der Waals surface area contributed by atoms with Gasteiger partial charge in [0.1, 0.15) is 0 Å². The summed E-state index contributed by atoms with van der Waals surface area (Å²) < 4.78 is 0. The van der Waals surface area contributed by atoms with E-state index in [-0.39, 0.29) is 11.8 Å². The van der Waals surface area contributed by atoms with Crippen molar-refractivity contribution in [1.29, 1.82) is 0 Å². The fourth-order valence-electron chi connectivity index (χ4n) is 3.13. The Morgan fingerprint density at radius 2 is 1.55 bits per heavy atom. The highest BCUT2D eigenvalue weighted by molar-refractivity contribution is 9.09. The fourth-order valence-corrected chi connectivity index (χ4v) is 3.56. The Balaban J connectivity index is 1.85. The van der Waals surface area contributed by atoms with E-state index in [4.69, 9.17) is 0 Å². The molecule has 22 heavy (non-hydrogen) atoms. The largest absolute Gasteiger partial charge is 0.341 e. The number of carbonyl (C=O) groups is 1. The van der Waals surface area contributed by atoms with Gasteiger partial charge in [-0.15, -0.1) is 0 Å². The summed E-state index contributed by atoms with van der Waals surface area (Å²) >= 11 is 3.51. The average Bonchev–Trinajstić information content (AvgIpc) is 2.94. The molecule has 1 heterocycles. The zero-order valence-electron chi connectivity index (χ0n) is 12.5. The molecule has 0 spiro atoms. The number of likely N-dealkylation sites (tertiary alicyclic amines) is 1. The van der Waals surface area contributed by atoms with Crippen LogP contribution in [0.15, 0.2) is 60.7 Å². The average molecular weight is 358 g/mol. The van der Waals surface area contributed by atoms with Crippen molar-refractivity contribution in [1.82, 2.24) is 4.90 Å². The third-order valence-electron chi connectivity index (χ3n) is 4.32. The Labute approximate surface area is 140 Å². The number of alkyl halides is 1. The number of halogens is 1. The van der Waals surface area contributed by atoms with Crippen molar-refractivity contribution in [2.24, 2.45) is 5.92 Å². The molecular weight excluding hydrogens is 338 g/mol. The third kappa shape index (κ3) is 3.41. The highest BCUT2D eigenvalue weighted by Crippen LogP contribution is 2.29. The Hall–Kier alpha value is -1.61. The maximum atomic E-state index is 12.2. The number of amides is 1. The minimum atomic E-state index is 0.237. The summed E-state index contributed by atoms with van der Waals surface area (Å²) in [6, 6.07) is 21.0. The van der Waals surface area contributed by atoms with Crippen molar-refractivity contribution in [2.45, 2.75) is 12.3 Å². The maximum Gasteiger partial charge on any atom is 0.222 e. The van der Waals surface area contributed by atoms with Crippen LogP contribution in [0, 0.1) is 5.92 Å². The first-order valence-electron chi connectivity index (χ1n) is 7.71. The Morgan fingerprint density at radius 1 is 1.00 bits per heavy atom. The van der Waals surface area contributed by atoms with E-state index in [9.17, 15) is 4.79 Å². The molecule has 1 saturated heterocycles. The second-order valence-electron chi connectivity index (χ2n) is 5.90. The van der Waals surface area contributed by atoms with Gasteiger partial charge in [0.25, 0.3) is 0 Å². The van der Waals surface area contributed by atoms with Gasteiger partial charge in [-0.25, -0.2) is 0 Å². The second-order valence-corrected chi connectivity index (χ2v) is 6.54. The van der Waals surface area contributed by atoms with Crippen molar-refractivity contribution < 1.29 is 4.79 Å². The van der Waals surface area contributed by atoms with E-state index in [2.05, 4.69) is 64.5 Å². The standard InChI is InChI=1S/C19H20BrNO/c20-12-15-11-19(22)21(13-15)14-18(16-7-3-1-4-8-16)17-9-5-2-6-10-17/h1-10,15,18H,11-14H2. The van der Waals surface area contributed by atoms with Crippen molar-refractivity contribution in [2.75, 3.05) is 18.4 Å². The van der Waals surface area contributed by atoms with Gasteiger partial charge in [-0.1, -0.05) is 76.6 Å². The molecule has 3 heteroatoms. The van der Waals surface area contributed by atoms with Gasteiger partial charge in [-0.2, -0.15) is 0 Å². The molecule has 3 rings (SSSR count). The number of hydrogen-bond donors (Lipinski definition) is 0. The van der Waals surface area contributed by atoms with E-state index in [1.54, 1.807) is 0 Å². The molecule has 0 saturated carbocycles. The number of benzene rings is 2.